The molecule has 1 aliphatic heterocycles. The molecule has 0 amide bonds. The van der Waals surface area contributed by atoms with Crippen LogP contribution >= 0.6 is 0 Å². The molecule has 0 aliphatic carbocycles. The zero-order valence-corrected chi connectivity index (χ0v) is 13.8. The highest BCUT2D eigenvalue weighted by atomic mass is 16.5. The van der Waals surface area contributed by atoms with E-state index in [4.69, 9.17) is 4.74 Å². The Bertz CT molecular complexity index is 419. The van der Waals surface area contributed by atoms with Crippen LogP contribution < -0.4 is 10.1 Å². The molecule has 1 heterocycles. The van der Waals surface area contributed by atoms with E-state index < -0.39 is 0 Å². The van der Waals surface area contributed by atoms with Gasteiger partial charge in [-0.15, -0.1) is 0 Å². The van der Waals surface area contributed by atoms with E-state index in [9.17, 15) is 0 Å². The largest absolute Gasteiger partial charge is 0.492 e. The number of hydrogen-bond donors (Lipinski definition) is 1. The van der Waals surface area contributed by atoms with Crippen LogP contribution in [-0.4, -0.2) is 43.7 Å². The van der Waals surface area contributed by atoms with Crippen molar-refractivity contribution in [1.29, 1.82) is 0 Å². The fraction of sp³-hybridized carbons (Fsp3) is 0.667. The van der Waals surface area contributed by atoms with Gasteiger partial charge in [0, 0.05) is 19.1 Å². The zero-order chi connectivity index (χ0) is 15.1. The molecule has 2 rings (SSSR count). The van der Waals surface area contributed by atoms with Gasteiger partial charge in [0.2, 0.25) is 0 Å². The van der Waals surface area contributed by atoms with Gasteiger partial charge in [0.25, 0.3) is 0 Å². The second-order valence-corrected chi connectivity index (χ2v) is 6.60. The molecular weight excluding hydrogens is 260 g/mol. The Morgan fingerprint density at radius 1 is 1.38 bits per heavy atom. The third-order valence-corrected chi connectivity index (χ3v) is 3.98. The summed E-state index contributed by atoms with van der Waals surface area (Å²) in [5.74, 6) is 1.74. The molecule has 0 bridgehead atoms. The van der Waals surface area contributed by atoms with Crippen LogP contribution in [0.15, 0.2) is 24.3 Å². The van der Waals surface area contributed by atoms with Gasteiger partial charge in [-0.05, 0) is 56.5 Å². The molecule has 1 unspecified atom stereocenters. The molecule has 1 aromatic carbocycles. The summed E-state index contributed by atoms with van der Waals surface area (Å²) >= 11 is 0. The molecule has 118 valence electrons. The van der Waals surface area contributed by atoms with Crippen molar-refractivity contribution in [3.63, 3.8) is 0 Å². The van der Waals surface area contributed by atoms with Gasteiger partial charge >= 0.3 is 0 Å². The van der Waals surface area contributed by atoms with E-state index >= 15 is 0 Å². The minimum absolute atomic E-state index is 0.631. The van der Waals surface area contributed by atoms with E-state index in [0.29, 0.717) is 6.04 Å². The highest BCUT2D eigenvalue weighted by Crippen LogP contribution is 2.13. The van der Waals surface area contributed by atoms with E-state index in [2.05, 4.69) is 49.2 Å². The van der Waals surface area contributed by atoms with E-state index in [1.54, 1.807) is 0 Å². The van der Waals surface area contributed by atoms with Crippen molar-refractivity contribution < 1.29 is 4.74 Å². The Morgan fingerprint density at radius 2 is 2.24 bits per heavy atom. The Labute approximate surface area is 129 Å². The lowest BCUT2D eigenvalue weighted by Gasteiger charge is -2.25. The fourth-order valence-corrected chi connectivity index (χ4v) is 3.00. The summed E-state index contributed by atoms with van der Waals surface area (Å²) in [6.45, 7) is 12.0. The molecule has 1 atom stereocenters. The van der Waals surface area contributed by atoms with Gasteiger partial charge in [-0.1, -0.05) is 26.0 Å². The molecule has 1 aromatic rings. The van der Waals surface area contributed by atoms with E-state index in [1.807, 2.05) is 6.07 Å². The van der Waals surface area contributed by atoms with Gasteiger partial charge in [0.05, 0.1) is 0 Å². The summed E-state index contributed by atoms with van der Waals surface area (Å²) in [7, 11) is 0. The second-order valence-electron chi connectivity index (χ2n) is 6.60. The van der Waals surface area contributed by atoms with Crippen LogP contribution in [0.25, 0.3) is 0 Å². The summed E-state index contributed by atoms with van der Waals surface area (Å²) in [5, 5.41) is 3.68. The lowest BCUT2D eigenvalue weighted by molar-refractivity contribution is 0.201. The molecule has 1 aliphatic rings. The minimum atomic E-state index is 0.631. The molecule has 0 spiro atoms. The van der Waals surface area contributed by atoms with Gasteiger partial charge in [0.1, 0.15) is 12.4 Å². The summed E-state index contributed by atoms with van der Waals surface area (Å²) in [6.07, 6.45) is 2.49. The molecular formula is C18H30N2O. The Kier molecular flexibility index (Phi) is 6.52. The molecule has 0 aromatic heterocycles. The number of ether oxygens (including phenoxy) is 1. The number of nitrogens with zero attached hydrogens (tertiary/aromatic N) is 1. The first-order chi connectivity index (χ1) is 10.1. The predicted molar refractivity (Wildman–Crippen MR) is 89.0 cm³/mol. The normalized spacial score (nSPS) is 20.5. The average molecular weight is 290 g/mol. The van der Waals surface area contributed by atoms with Crippen molar-refractivity contribution in [2.24, 2.45) is 5.92 Å². The molecule has 1 fully saturated rings. The van der Waals surface area contributed by atoms with Crippen molar-refractivity contribution in [2.75, 3.05) is 32.8 Å². The van der Waals surface area contributed by atoms with Crippen molar-refractivity contribution in [2.45, 2.75) is 39.7 Å². The number of hydrogen-bond acceptors (Lipinski definition) is 3. The van der Waals surface area contributed by atoms with Crippen LogP contribution in [-0.2, 0) is 0 Å². The summed E-state index contributed by atoms with van der Waals surface area (Å²) in [6, 6.07) is 8.93. The van der Waals surface area contributed by atoms with E-state index in [1.165, 1.54) is 24.9 Å². The summed E-state index contributed by atoms with van der Waals surface area (Å²) < 4.78 is 5.88. The topological polar surface area (TPSA) is 24.5 Å². The Morgan fingerprint density at radius 3 is 3.00 bits per heavy atom. The average Bonchev–Trinajstić information content (AvgIpc) is 2.63. The third kappa shape index (κ3) is 6.06. The van der Waals surface area contributed by atoms with Crippen LogP contribution in [0.2, 0.25) is 0 Å². The van der Waals surface area contributed by atoms with Crippen molar-refractivity contribution >= 4 is 0 Å². The van der Waals surface area contributed by atoms with Crippen molar-refractivity contribution in [1.82, 2.24) is 10.2 Å². The van der Waals surface area contributed by atoms with E-state index in [-0.39, 0.29) is 0 Å². The smallest absolute Gasteiger partial charge is 0.119 e. The molecule has 3 heteroatoms. The minimum Gasteiger partial charge on any atom is -0.492 e. The van der Waals surface area contributed by atoms with Gasteiger partial charge in [0.15, 0.2) is 0 Å². The summed E-state index contributed by atoms with van der Waals surface area (Å²) in [4.78, 5) is 2.54. The maximum atomic E-state index is 5.88. The number of rotatable bonds is 6. The molecule has 3 nitrogen and oxygen atoms in total. The highest BCUT2D eigenvalue weighted by Gasteiger charge is 2.18. The van der Waals surface area contributed by atoms with Gasteiger partial charge in [-0.2, -0.15) is 0 Å². The lowest BCUT2D eigenvalue weighted by atomic mass is 10.0. The first kappa shape index (κ1) is 16.3. The quantitative estimate of drug-likeness (QED) is 0.871. The zero-order valence-electron chi connectivity index (χ0n) is 13.8. The fourth-order valence-electron chi connectivity index (χ4n) is 3.00. The summed E-state index contributed by atoms with van der Waals surface area (Å²) in [5.41, 5.74) is 1.25. The van der Waals surface area contributed by atoms with Crippen LogP contribution in [0.1, 0.15) is 32.3 Å². The molecule has 21 heavy (non-hydrogen) atoms. The maximum Gasteiger partial charge on any atom is 0.119 e. The van der Waals surface area contributed by atoms with Crippen molar-refractivity contribution in [3.05, 3.63) is 29.8 Å². The molecule has 0 radical (unpaired) electrons. The van der Waals surface area contributed by atoms with Crippen LogP contribution in [0.5, 0.6) is 5.75 Å². The van der Waals surface area contributed by atoms with Gasteiger partial charge in [-0.25, -0.2) is 0 Å². The Balaban J connectivity index is 1.76. The standard InChI is InChI=1S/C18H30N2O/c1-15(2)12-17-14-20(9-5-8-19-17)10-11-21-18-7-4-6-16(3)13-18/h4,6-7,13,15,17,19H,5,8-12,14H2,1-3H3. The highest BCUT2D eigenvalue weighted by molar-refractivity contribution is 5.27. The number of aryl methyl sites for hydroxylation is 1. The monoisotopic (exact) mass is 290 g/mol. The SMILES string of the molecule is Cc1cccc(OCCN2CCCNC(CC(C)C)C2)c1. The predicted octanol–water partition coefficient (Wildman–Crippen LogP) is 3.08. The number of benzene rings is 1. The van der Waals surface area contributed by atoms with Crippen LogP contribution in [0.3, 0.4) is 0 Å². The first-order valence-electron chi connectivity index (χ1n) is 8.28. The van der Waals surface area contributed by atoms with Crippen LogP contribution in [0, 0.1) is 12.8 Å². The number of nitrogens with one attached hydrogen (secondary N) is 1. The first-order valence-corrected chi connectivity index (χ1v) is 8.28. The van der Waals surface area contributed by atoms with Crippen molar-refractivity contribution in [3.8, 4) is 5.75 Å². The lowest BCUT2D eigenvalue weighted by Crippen LogP contribution is -2.40. The molecule has 1 N–H and O–H groups in total. The maximum absolute atomic E-state index is 5.88. The van der Waals surface area contributed by atoms with E-state index in [0.717, 1.165) is 37.9 Å². The third-order valence-electron chi connectivity index (χ3n) is 3.98. The van der Waals surface area contributed by atoms with Crippen LogP contribution in [0.4, 0.5) is 0 Å². The second kappa shape index (κ2) is 8.40. The molecule has 1 saturated heterocycles. The van der Waals surface area contributed by atoms with Gasteiger partial charge < -0.3 is 10.1 Å². The van der Waals surface area contributed by atoms with Gasteiger partial charge in [-0.3, -0.25) is 4.90 Å². The Hall–Kier alpha value is -1.06. The molecule has 0 saturated carbocycles.